The molecule has 3 nitrogen and oxygen atoms in total. The van der Waals surface area contributed by atoms with Crippen LogP contribution < -0.4 is 10.5 Å². The molecule has 0 amide bonds. The monoisotopic (exact) mass is 261 g/mol. The lowest BCUT2D eigenvalue weighted by Crippen LogP contribution is -2.20. The molecule has 0 saturated carbocycles. The molecular weight excluding hydrogens is 256 g/mol. The molecule has 0 bridgehead atoms. The number of phenols is 1. The van der Waals surface area contributed by atoms with Gasteiger partial charge in [-0.1, -0.05) is 0 Å². The Morgan fingerprint density at radius 1 is 1.06 bits per heavy atom. The SMILES string of the molecule is Nc1cc(OC(F)(F)F)c(C(F)(F)F)cc1O. The van der Waals surface area contributed by atoms with Crippen LogP contribution >= 0.6 is 0 Å². The van der Waals surface area contributed by atoms with Gasteiger partial charge in [0.2, 0.25) is 0 Å². The highest BCUT2D eigenvalue weighted by Crippen LogP contribution is 2.42. The van der Waals surface area contributed by atoms with Gasteiger partial charge < -0.3 is 15.6 Å². The van der Waals surface area contributed by atoms with Gasteiger partial charge in [-0.3, -0.25) is 0 Å². The molecule has 0 heterocycles. The number of phenolic OH excluding ortho intramolecular Hbond substituents is 1. The molecule has 0 saturated heterocycles. The van der Waals surface area contributed by atoms with Crippen LogP contribution in [0.1, 0.15) is 5.56 Å². The Hall–Kier alpha value is -1.80. The minimum atomic E-state index is -5.29. The van der Waals surface area contributed by atoms with Crippen molar-refractivity contribution < 1.29 is 36.2 Å². The van der Waals surface area contributed by atoms with Gasteiger partial charge in [0.1, 0.15) is 17.1 Å². The average Bonchev–Trinajstić information content (AvgIpc) is 2.06. The third-order valence-corrected chi connectivity index (χ3v) is 1.66. The maximum atomic E-state index is 12.3. The summed E-state index contributed by atoms with van der Waals surface area (Å²) in [4.78, 5) is 0. The lowest BCUT2D eigenvalue weighted by atomic mass is 10.1. The second kappa shape index (κ2) is 3.90. The molecule has 1 rings (SSSR count). The predicted octanol–water partition coefficient (Wildman–Crippen LogP) is 2.89. The molecule has 96 valence electrons. The summed E-state index contributed by atoms with van der Waals surface area (Å²) in [7, 11) is 0. The van der Waals surface area contributed by atoms with Crippen LogP contribution in [0.2, 0.25) is 0 Å². The Morgan fingerprint density at radius 2 is 1.59 bits per heavy atom. The normalized spacial score (nSPS) is 12.6. The Labute approximate surface area is 90.4 Å². The van der Waals surface area contributed by atoms with E-state index in [0.717, 1.165) is 0 Å². The topological polar surface area (TPSA) is 55.5 Å². The highest BCUT2D eigenvalue weighted by molar-refractivity contribution is 5.59. The third-order valence-electron chi connectivity index (χ3n) is 1.66. The number of hydrogen-bond donors (Lipinski definition) is 2. The minimum Gasteiger partial charge on any atom is -0.506 e. The van der Waals surface area contributed by atoms with E-state index in [9.17, 15) is 26.3 Å². The third kappa shape index (κ3) is 3.33. The van der Waals surface area contributed by atoms with Gasteiger partial charge in [-0.05, 0) is 6.07 Å². The molecule has 0 aliphatic heterocycles. The maximum Gasteiger partial charge on any atom is 0.573 e. The first kappa shape index (κ1) is 13.3. The van der Waals surface area contributed by atoms with E-state index in [0.29, 0.717) is 0 Å². The molecule has 9 heteroatoms. The molecule has 0 aliphatic rings. The molecule has 0 radical (unpaired) electrons. The van der Waals surface area contributed by atoms with Gasteiger partial charge in [-0.2, -0.15) is 13.2 Å². The van der Waals surface area contributed by atoms with E-state index in [1.54, 1.807) is 0 Å². The molecule has 0 aromatic heterocycles. The fraction of sp³-hybridized carbons (Fsp3) is 0.250. The molecule has 0 fully saturated rings. The van der Waals surface area contributed by atoms with Gasteiger partial charge in [-0.25, -0.2) is 0 Å². The second-order valence-electron chi connectivity index (χ2n) is 2.95. The number of ether oxygens (including phenoxy) is 1. The highest BCUT2D eigenvalue weighted by Gasteiger charge is 2.40. The number of halogens is 6. The van der Waals surface area contributed by atoms with Crippen molar-refractivity contribution in [1.29, 1.82) is 0 Å². The number of anilines is 1. The molecule has 1 aromatic carbocycles. The lowest BCUT2D eigenvalue weighted by molar-refractivity contribution is -0.276. The number of benzene rings is 1. The Balaban J connectivity index is 3.32. The maximum absolute atomic E-state index is 12.3. The average molecular weight is 261 g/mol. The molecule has 0 aliphatic carbocycles. The first-order valence-corrected chi connectivity index (χ1v) is 3.96. The Morgan fingerprint density at radius 3 is 2.00 bits per heavy atom. The van der Waals surface area contributed by atoms with Gasteiger partial charge in [0.25, 0.3) is 0 Å². The Bertz CT molecular complexity index is 425. The predicted molar refractivity (Wildman–Crippen MR) is 44.2 cm³/mol. The van der Waals surface area contributed by atoms with E-state index in [-0.39, 0.29) is 12.1 Å². The first-order chi connectivity index (χ1) is 7.50. The molecule has 0 spiro atoms. The van der Waals surface area contributed by atoms with Gasteiger partial charge in [0.15, 0.2) is 0 Å². The van der Waals surface area contributed by atoms with Crippen molar-refractivity contribution >= 4 is 5.69 Å². The van der Waals surface area contributed by atoms with Crippen LogP contribution in [0.5, 0.6) is 11.5 Å². The van der Waals surface area contributed by atoms with Crippen molar-refractivity contribution in [3.63, 3.8) is 0 Å². The Kier molecular flexibility index (Phi) is 3.04. The molecule has 3 N–H and O–H groups in total. The largest absolute Gasteiger partial charge is 0.573 e. The second-order valence-corrected chi connectivity index (χ2v) is 2.95. The summed E-state index contributed by atoms with van der Waals surface area (Å²) in [5, 5.41) is 8.92. The summed E-state index contributed by atoms with van der Waals surface area (Å²) in [5.74, 6) is -2.49. The fourth-order valence-corrected chi connectivity index (χ4v) is 1.01. The van der Waals surface area contributed by atoms with Gasteiger partial charge in [-0.15, -0.1) is 13.2 Å². The van der Waals surface area contributed by atoms with Gasteiger partial charge in [0, 0.05) is 6.07 Å². The summed E-state index contributed by atoms with van der Waals surface area (Å²) in [6.07, 6.45) is -10.4. The van der Waals surface area contributed by atoms with Crippen LogP contribution in [0, 0.1) is 0 Å². The highest BCUT2D eigenvalue weighted by atomic mass is 19.4. The number of nitrogen functional groups attached to an aromatic ring is 1. The zero-order valence-electron chi connectivity index (χ0n) is 7.86. The van der Waals surface area contributed by atoms with Gasteiger partial charge >= 0.3 is 12.5 Å². The quantitative estimate of drug-likeness (QED) is 0.464. The summed E-state index contributed by atoms with van der Waals surface area (Å²) in [5.41, 5.74) is 2.57. The van der Waals surface area contributed by atoms with E-state index in [1.807, 2.05) is 0 Å². The number of nitrogens with two attached hydrogens (primary N) is 1. The molecule has 17 heavy (non-hydrogen) atoms. The van der Waals surface area contributed by atoms with Crippen LogP contribution in [0.3, 0.4) is 0 Å². The van der Waals surface area contributed by atoms with Crippen molar-refractivity contribution in [3.8, 4) is 11.5 Å². The van der Waals surface area contributed by atoms with Crippen molar-refractivity contribution in [2.75, 3.05) is 5.73 Å². The number of aromatic hydroxyl groups is 1. The van der Waals surface area contributed by atoms with Crippen LogP contribution in [-0.2, 0) is 6.18 Å². The van der Waals surface area contributed by atoms with E-state index >= 15 is 0 Å². The standard InChI is InChI=1S/C8H5F6NO2/c9-7(10,11)3-1-5(16)4(15)2-6(3)17-8(12,13)14/h1-2,16H,15H2. The van der Waals surface area contributed by atoms with E-state index < -0.39 is 35.3 Å². The summed E-state index contributed by atoms with van der Waals surface area (Å²) >= 11 is 0. The smallest absolute Gasteiger partial charge is 0.506 e. The fourth-order valence-electron chi connectivity index (χ4n) is 1.01. The lowest BCUT2D eigenvalue weighted by Gasteiger charge is -2.16. The number of rotatable bonds is 1. The molecule has 0 unspecified atom stereocenters. The van der Waals surface area contributed by atoms with Crippen molar-refractivity contribution in [1.82, 2.24) is 0 Å². The van der Waals surface area contributed by atoms with Gasteiger partial charge in [0.05, 0.1) is 5.69 Å². The summed E-state index contributed by atoms with van der Waals surface area (Å²) in [6.45, 7) is 0. The summed E-state index contributed by atoms with van der Waals surface area (Å²) in [6, 6.07) is 0.321. The van der Waals surface area contributed by atoms with Crippen LogP contribution in [0.15, 0.2) is 12.1 Å². The zero-order chi connectivity index (χ0) is 13.4. The number of alkyl halides is 6. The minimum absolute atomic E-state index is 0.0659. The molecule has 1 aromatic rings. The van der Waals surface area contributed by atoms with E-state index in [1.165, 1.54) is 0 Å². The summed E-state index contributed by atoms with van der Waals surface area (Å²) < 4.78 is 75.7. The van der Waals surface area contributed by atoms with Crippen LogP contribution in [0.4, 0.5) is 32.0 Å². The van der Waals surface area contributed by atoms with Crippen LogP contribution in [0.25, 0.3) is 0 Å². The molecular formula is C8H5F6NO2. The zero-order valence-corrected chi connectivity index (χ0v) is 7.86. The van der Waals surface area contributed by atoms with E-state index in [4.69, 9.17) is 10.8 Å². The molecule has 0 atom stereocenters. The van der Waals surface area contributed by atoms with Crippen LogP contribution in [-0.4, -0.2) is 11.5 Å². The number of hydrogen-bond acceptors (Lipinski definition) is 3. The van der Waals surface area contributed by atoms with E-state index in [2.05, 4.69) is 4.74 Å². The van der Waals surface area contributed by atoms with Crippen molar-refractivity contribution in [3.05, 3.63) is 17.7 Å². The van der Waals surface area contributed by atoms with Crippen molar-refractivity contribution in [2.45, 2.75) is 12.5 Å². The van der Waals surface area contributed by atoms with Crippen molar-refractivity contribution in [2.24, 2.45) is 0 Å². The first-order valence-electron chi connectivity index (χ1n) is 3.96.